The van der Waals surface area contributed by atoms with Crippen LogP contribution in [0.25, 0.3) is 0 Å². The van der Waals surface area contributed by atoms with Crippen LogP contribution in [0.1, 0.15) is 26.5 Å². The monoisotopic (exact) mass is 236 g/mol. The van der Waals surface area contributed by atoms with Gasteiger partial charge in [0.2, 0.25) is 10.0 Å². The molecule has 0 radical (unpaired) electrons. The third kappa shape index (κ3) is 5.18. The fraction of sp³-hybridized carbons (Fsp3) is 0.625. The van der Waals surface area contributed by atoms with E-state index in [1.807, 2.05) is 26.2 Å². The molecule has 1 rings (SSSR count). The normalized spacial score (nSPS) is 10.3. The number of nitrogens with one attached hydrogen (secondary N) is 1. The Labute approximate surface area is 89.4 Å². The first kappa shape index (κ1) is 13.4. The maximum Gasteiger partial charge on any atom is 0.231 e. The van der Waals surface area contributed by atoms with Gasteiger partial charge in [-0.1, -0.05) is 20.8 Å². The zero-order valence-corrected chi connectivity index (χ0v) is 10.5. The zero-order valence-electron chi connectivity index (χ0n) is 8.86. The summed E-state index contributed by atoms with van der Waals surface area (Å²) in [6.07, 6.45) is 1.93. The first-order valence-electron chi connectivity index (χ1n) is 4.43. The van der Waals surface area contributed by atoms with Crippen LogP contribution < -0.4 is 4.72 Å². The van der Waals surface area contributed by atoms with E-state index in [0.29, 0.717) is 5.13 Å². The predicted molar refractivity (Wildman–Crippen MR) is 61.3 cm³/mol. The molecule has 1 N–H and O–H groups in total. The highest BCUT2D eigenvalue weighted by Crippen LogP contribution is 2.16. The lowest BCUT2D eigenvalue weighted by Gasteiger charge is -1.95. The average molecular weight is 236 g/mol. The third-order valence-electron chi connectivity index (χ3n) is 1.19. The molecule has 1 heterocycles. The van der Waals surface area contributed by atoms with Gasteiger partial charge in [-0.2, -0.15) is 0 Å². The zero-order chi connectivity index (χ0) is 11.2. The number of hydrogen-bond acceptors (Lipinski definition) is 4. The minimum absolute atomic E-state index is 0.439. The largest absolute Gasteiger partial charge is 0.259 e. The van der Waals surface area contributed by atoms with Gasteiger partial charge < -0.3 is 0 Å². The number of thiazole rings is 1. The van der Waals surface area contributed by atoms with Crippen molar-refractivity contribution >= 4 is 26.5 Å². The minimum atomic E-state index is -3.17. The molecular weight excluding hydrogens is 220 g/mol. The molecule has 0 spiro atoms. The Kier molecular flexibility index (Phi) is 5.71. The summed E-state index contributed by atoms with van der Waals surface area (Å²) in [6.45, 7) is 5.97. The van der Waals surface area contributed by atoms with Gasteiger partial charge in [-0.15, -0.1) is 11.3 Å². The fourth-order valence-corrected chi connectivity index (χ4v) is 2.32. The van der Waals surface area contributed by atoms with E-state index in [-0.39, 0.29) is 0 Å². The molecule has 0 saturated carbocycles. The van der Waals surface area contributed by atoms with Crippen molar-refractivity contribution in [2.75, 3.05) is 11.0 Å². The van der Waals surface area contributed by atoms with Gasteiger partial charge in [0.1, 0.15) is 0 Å². The third-order valence-corrected chi connectivity index (χ3v) is 2.69. The molecule has 0 aromatic carbocycles. The Bertz CT molecular complexity index is 357. The molecule has 0 amide bonds. The van der Waals surface area contributed by atoms with E-state index in [9.17, 15) is 8.42 Å². The summed E-state index contributed by atoms with van der Waals surface area (Å²) in [7, 11) is -3.17. The molecule has 0 fully saturated rings. The van der Waals surface area contributed by atoms with Crippen molar-refractivity contribution in [2.24, 2.45) is 0 Å². The molecule has 1 aromatic heterocycles. The Morgan fingerprint density at radius 2 is 2.07 bits per heavy atom. The van der Waals surface area contributed by atoms with E-state index in [0.717, 1.165) is 18.4 Å². The van der Waals surface area contributed by atoms with Crippen LogP contribution >= 0.6 is 11.3 Å². The molecule has 0 aliphatic rings. The molecule has 4 nitrogen and oxygen atoms in total. The van der Waals surface area contributed by atoms with E-state index < -0.39 is 10.0 Å². The topological polar surface area (TPSA) is 59.1 Å². The van der Waals surface area contributed by atoms with Gasteiger partial charge in [0.25, 0.3) is 0 Å². The van der Waals surface area contributed by atoms with Crippen LogP contribution in [-0.2, 0) is 16.4 Å². The Balaban J connectivity index is 0.000000791. The lowest BCUT2D eigenvalue weighted by atomic mass is 10.4. The van der Waals surface area contributed by atoms with Crippen molar-refractivity contribution < 1.29 is 8.42 Å². The van der Waals surface area contributed by atoms with E-state index in [1.54, 1.807) is 0 Å². The summed E-state index contributed by atoms with van der Waals surface area (Å²) in [6, 6.07) is 0. The van der Waals surface area contributed by atoms with Crippen molar-refractivity contribution in [3.8, 4) is 0 Å². The van der Waals surface area contributed by atoms with Gasteiger partial charge in [-0.25, -0.2) is 13.4 Å². The quantitative estimate of drug-likeness (QED) is 0.874. The van der Waals surface area contributed by atoms with Crippen LogP contribution in [0.5, 0.6) is 0 Å². The van der Waals surface area contributed by atoms with Crippen molar-refractivity contribution in [2.45, 2.75) is 27.2 Å². The Hall–Kier alpha value is -0.620. The van der Waals surface area contributed by atoms with Crippen molar-refractivity contribution in [1.82, 2.24) is 4.98 Å². The van der Waals surface area contributed by atoms with Crippen LogP contribution in [0, 0.1) is 0 Å². The lowest BCUT2D eigenvalue weighted by molar-refractivity contribution is 0.607. The summed E-state index contributed by atoms with van der Waals surface area (Å²) < 4.78 is 23.8. The maximum atomic E-state index is 10.8. The molecule has 0 saturated heterocycles. The molecule has 6 heteroatoms. The lowest BCUT2D eigenvalue weighted by Crippen LogP contribution is -2.09. The second-order valence-electron chi connectivity index (χ2n) is 2.37. The SMILES string of the molecule is CC.CCc1csc(NS(C)(=O)=O)n1. The Morgan fingerprint density at radius 3 is 2.43 bits per heavy atom. The molecule has 0 atom stereocenters. The van der Waals surface area contributed by atoms with E-state index in [1.165, 1.54) is 11.3 Å². The highest BCUT2D eigenvalue weighted by Gasteiger charge is 2.05. The number of nitrogens with zero attached hydrogens (tertiary/aromatic N) is 1. The van der Waals surface area contributed by atoms with Crippen LogP contribution in [0.4, 0.5) is 5.13 Å². The van der Waals surface area contributed by atoms with Gasteiger partial charge in [0, 0.05) is 5.38 Å². The molecule has 0 unspecified atom stereocenters. The number of aromatic nitrogens is 1. The molecule has 0 aliphatic heterocycles. The minimum Gasteiger partial charge on any atom is -0.259 e. The van der Waals surface area contributed by atoms with Crippen molar-refractivity contribution in [3.63, 3.8) is 0 Å². The van der Waals surface area contributed by atoms with Crippen molar-refractivity contribution in [1.29, 1.82) is 0 Å². The fourth-order valence-electron chi connectivity index (χ4n) is 0.675. The number of rotatable bonds is 3. The summed E-state index contributed by atoms with van der Waals surface area (Å²) >= 11 is 1.30. The van der Waals surface area contributed by atoms with E-state index in [4.69, 9.17) is 0 Å². The summed E-state index contributed by atoms with van der Waals surface area (Å²) in [5.74, 6) is 0. The van der Waals surface area contributed by atoms with E-state index >= 15 is 0 Å². The predicted octanol–water partition coefficient (Wildman–Crippen LogP) is 2.10. The standard InChI is InChI=1S/C6H10N2O2S2.C2H6/c1-3-5-4-11-6(7-5)8-12(2,9)10;1-2/h4H,3H2,1-2H3,(H,7,8);1-2H3. The maximum absolute atomic E-state index is 10.8. The van der Waals surface area contributed by atoms with Gasteiger partial charge >= 0.3 is 0 Å². The molecule has 0 bridgehead atoms. The van der Waals surface area contributed by atoms with Gasteiger partial charge in [0.15, 0.2) is 5.13 Å². The molecule has 14 heavy (non-hydrogen) atoms. The van der Waals surface area contributed by atoms with Crippen LogP contribution in [-0.4, -0.2) is 19.7 Å². The van der Waals surface area contributed by atoms with Gasteiger partial charge in [-0.3, -0.25) is 4.72 Å². The van der Waals surface area contributed by atoms with Gasteiger partial charge in [0.05, 0.1) is 11.9 Å². The van der Waals surface area contributed by atoms with Crippen molar-refractivity contribution in [3.05, 3.63) is 11.1 Å². The second-order valence-corrected chi connectivity index (χ2v) is 4.98. The molecular formula is C8H16N2O2S2. The van der Waals surface area contributed by atoms with Crippen LogP contribution in [0.3, 0.4) is 0 Å². The summed E-state index contributed by atoms with van der Waals surface area (Å²) in [4.78, 5) is 4.04. The smallest absolute Gasteiger partial charge is 0.231 e. The number of aryl methyl sites for hydroxylation is 1. The first-order chi connectivity index (χ1) is 6.51. The highest BCUT2D eigenvalue weighted by atomic mass is 32.2. The second kappa shape index (κ2) is 5.98. The average Bonchev–Trinajstić information content (AvgIpc) is 2.53. The van der Waals surface area contributed by atoms with E-state index in [2.05, 4.69) is 9.71 Å². The van der Waals surface area contributed by atoms with Gasteiger partial charge in [-0.05, 0) is 6.42 Å². The number of hydrogen-bond donors (Lipinski definition) is 1. The van der Waals surface area contributed by atoms with Crippen LogP contribution in [0.2, 0.25) is 0 Å². The summed E-state index contributed by atoms with van der Waals surface area (Å²) in [5, 5.41) is 2.28. The molecule has 0 aliphatic carbocycles. The highest BCUT2D eigenvalue weighted by molar-refractivity contribution is 7.92. The van der Waals surface area contributed by atoms with Crippen LogP contribution in [0.15, 0.2) is 5.38 Å². The first-order valence-corrected chi connectivity index (χ1v) is 7.20. The Morgan fingerprint density at radius 1 is 1.50 bits per heavy atom. The molecule has 1 aromatic rings. The summed E-state index contributed by atoms with van der Waals surface area (Å²) in [5.41, 5.74) is 0.908. The molecule has 82 valence electrons. The number of anilines is 1. The number of sulfonamides is 1.